The molecule has 0 aliphatic carbocycles. The van der Waals surface area contributed by atoms with Crippen molar-refractivity contribution in [3.63, 3.8) is 0 Å². The van der Waals surface area contributed by atoms with Gasteiger partial charge in [-0.05, 0) is 49.1 Å². The monoisotopic (exact) mass is 219 g/mol. The number of rotatable bonds is 5. The average Bonchev–Trinajstić information content (AvgIpc) is 2.28. The van der Waals surface area contributed by atoms with E-state index < -0.39 is 0 Å². The van der Waals surface area contributed by atoms with Crippen molar-refractivity contribution in [2.75, 3.05) is 0 Å². The van der Waals surface area contributed by atoms with Gasteiger partial charge >= 0.3 is 0 Å². The fraction of sp³-hybridized carbons (Fsp3) is 0.357. The van der Waals surface area contributed by atoms with E-state index in [1.165, 1.54) is 6.07 Å². The lowest BCUT2D eigenvalue weighted by Crippen LogP contribution is -1.86. The van der Waals surface area contributed by atoms with Gasteiger partial charge in [0.05, 0.1) is 5.70 Å². The molecule has 0 aliphatic heterocycles. The van der Waals surface area contributed by atoms with E-state index in [4.69, 9.17) is 0 Å². The van der Waals surface area contributed by atoms with Crippen LogP contribution < -0.4 is 0 Å². The van der Waals surface area contributed by atoms with Crippen LogP contribution in [0.3, 0.4) is 0 Å². The summed E-state index contributed by atoms with van der Waals surface area (Å²) in [6.07, 6.45) is 5.15. The Balaban J connectivity index is 2.66. The summed E-state index contributed by atoms with van der Waals surface area (Å²) in [7, 11) is 0. The van der Waals surface area contributed by atoms with Crippen molar-refractivity contribution in [2.24, 2.45) is 4.99 Å². The van der Waals surface area contributed by atoms with Gasteiger partial charge in [-0.3, -0.25) is 4.99 Å². The highest BCUT2D eigenvalue weighted by atomic mass is 19.1. The molecule has 0 spiro atoms. The van der Waals surface area contributed by atoms with Crippen LogP contribution in [0, 0.1) is 12.7 Å². The molecule has 2 heteroatoms. The third kappa shape index (κ3) is 3.61. The zero-order valence-electron chi connectivity index (χ0n) is 9.96. The highest BCUT2D eigenvalue weighted by Crippen LogP contribution is 2.17. The van der Waals surface area contributed by atoms with E-state index in [9.17, 15) is 4.39 Å². The van der Waals surface area contributed by atoms with Gasteiger partial charge in [0, 0.05) is 6.21 Å². The van der Waals surface area contributed by atoms with E-state index in [0.717, 1.165) is 24.8 Å². The minimum atomic E-state index is -0.188. The molecule has 0 bridgehead atoms. The van der Waals surface area contributed by atoms with Crippen LogP contribution in [0.5, 0.6) is 0 Å². The Kier molecular flexibility index (Phi) is 4.90. The Hall–Kier alpha value is -1.44. The predicted molar refractivity (Wildman–Crippen MR) is 68.2 cm³/mol. The van der Waals surface area contributed by atoms with Gasteiger partial charge in [0.1, 0.15) is 5.82 Å². The van der Waals surface area contributed by atoms with Crippen LogP contribution in [-0.4, -0.2) is 6.21 Å². The molecule has 86 valence electrons. The number of aryl methyl sites for hydroxylation is 1. The molecule has 1 aromatic rings. The Morgan fingerprint density at radius 1 is 1.50 bits per heavy atom. The molecule has 0 radical (unpaired) electrons. The van der Waals surface area contributed by atoms with Gasteiger partial charge in [-0.15, -0.1) is 0 Å². The van der Waals surface area contributed by atoms with Gasteiger partial charge in [0.15, 0.2) is 0 Å². The highest BCUT2D eigenvalue weighted by molar-refractivity contribution is 5.72. The molecular formula is C14H18FN. The second-order valence-corrected chi connectivity index (χ2v) is 3.86. The average molecular weight is 219 g/mol. The molecule has 0 fully saturated rings. The van der Waals surface area contributed by atoms with E-state index in [1.54, 1.807) is 19.1 Å². The normalized spacial score (nSPS) is 10.9. The quantitative estimate of drug-likeness (QED) is 0.515. The first-order valence-electron chi connectivity index (χ1n) is 5.63. The topological polar surface area (TPSA) is 12.4 Å². The minimum Gasteiger partial charge on any atom is -0.261 e. The number of hydrogen-bond donors (Lipinski definition) is 0. The van der Waals surface area contributed by atoms with Gasteiger partial charge < -0.3 is 0 Å². The second-order valence-electron chi connectivity index (χ2n) is 3.86. The summed E-state index contributed by atoms with van der Waals surface area (Å²) in [4.78, 5) is 4.26. The molecule has 0 unspecified atom stereocenters. The van der Waals surface area contributed by atoms with Gasteiger partial charge in [0.2, 0.25) is 0 Å². The van der Waals surface area contributed by atoms with Crippen molar-refractivity contribution >= 4 is 11.9 Å². The van der Waals surface area contributed by atoms with Crippen molar-refractivity contribution in [2.45, 2.75) is 33.1 Å². The molecule has 1 aromatic carbocycles. The van der Waals surface area contributed by atoms with Crippen molar-refractivity contribution in [3.8, 4) is 0 Å². The van der Waals surface area contributed by atoms with Crippen molar-refractivity contribution in [1.82, 2.24) is 0 Å². The van der Waals surface area contributed by atoms with Crippen LogP contribution in [0.1, 0.15) is 37.3 Å². The molecule has 1 nitrogen and oxygen atoms in total. The molecule has 0 heterocycles. The lowest BCUT2D eigenvalue weighted by Gasteiger charge is -2.02. The van der Waals surface area contributed by atoms with Gasteiger partial charge in [-0.25, -0.2) is 4.39 Å². The Morgan fingerprint density at radius 2 is 2.25 bits per heavy atom. The molecule has 0 aromatic heterocycles. The maximum absolute atomic E-state index is 13.0. The Bertz CT molecular complexity index is 394. The van der Waals surface area contributed by atoms with Crippen LogP contribution in [0.4, 0.5) is 4.39 Å². The van der Waals surface area contributed by atoms with E-state index in [2.05, 4.69) is 18.5 Å². The molecule has 0 aliphatic rings. The first-order chi connectivity index (χ1) is 7.65. The van der Waals surface area contributed by atoms with Crippen LogP contribution >= 0.6 is 0 Å². The first-order valence-corrected chi connectivity index (χ1v) is 5.63. The Labute approximate surface area is 96.7 Å². The number of hydrogen-bond acceptors (Lipinski definition) is 1. The highest BCUT2D eigenvalue weighted by Gasteiger charge is 2.00. The lowest BCUT2D eigenvalue weighted by molar-refractivity contribution is 0.618. The SMILES string of the molecule is C=C(N=CCCCC)c1ccc(F)c(C)c1. The zero-order chi connectivity index (χ0) is 12.0. The smallest absolute Gasteiger partial charge is 0.126 e. The van der Waals surface area contributed by atoms with Crippen LogP contribution in [0.2, 0.25) is 0 Å². The molecule has 16 heavy (non-hydrogen) atoms. The van der Waals surface area contributed by atoms with Gasteiger partial charge in [-0.1, -0.05) is 19.9 Å². The van der Waals surface area contributed by atoms with Crippen molar-refractivity contribution in [1.29, 1.82) is 0 Å². The summed E-state index contributed by atoms with van der Waals surface area (Å²) in [5.74, 6) is -0.188. The summed E-state index contributed by atoms with van der Waals surface area (Å²) in [6.45, 7) is 7.76. The first kappa shape index (κ1) is 12.6. The summed E-state index contributed by atoms with van der Waals surface area (Å²) in [5, 5.41) is 0. The number of halogens is 1. The van der Waals surface area contributed by atoms with E-state index in [-0.39, 0.29) is 5.82 Å². The fourth-order valence-electron chi connectivity index (χ4n) is 1.37. The summed E-state index contributed by atoms with van der Waals surface area (Å²) >= 11 is 0. The molecule has 0 saturated carbocycles. The Morgan fingerprint density at radius 3 is 2.88 bits per heavy atom. The van der Waals surface area contributed by atoms with E-state index in [1.807, 2.05) is 6.21 Å². The molecular weight excluding hydrogens is 201 g/mol. The van der Waals surface area contributed by atoms with Crippen molar-refractivity contribution < 1.29 is 4.39 Å². The largest absolute Gasteiger partial charge is 0.261 e. The number of unbranched alkanes of at least 4 members (excludes halogenated alkanes) is 2. The molecule has 0 N–H and O–H groups in total. The third-order valence-electron chi connectivity index (χ3n) is 2.43. The minimum absolute atomic E-state index is 0.188. The molecule has 0 atom stereocenters. The molecule has 0 saturated heterocycles. The zero-order valence-corrected chi connectivity index (χ0v) is 9.96. The maximum Gasteiger partial charge on any atom is 0.126 e. The third-order valence-corrected chi connectivity index (χ3v) is 2.43. The summed E-state index contributed by atoms with van der Waals surface area (Å²) in [6, 6.07) is 4.94. The second kappa shape index (κ2) is 6.21. The number of benzene rings is 1. The number of aliphatic imine (C=N–C) groups is 1. The summed E-state index contributed by atoms with van der Waals surface area (Å²) in [5.41, 5.74) is 2.20. The standard InChI is InChI=1S/C14H18FN/c1-4-5-6-9-16-12(3)13-7-8-14(15)11(2)10-13/h7-10H,3-6H2,1-2H3. The van der Waals surface area contributed by atoms with E-state index in [0.29, 0.717) is 11.3 Å². The maximum atomic E-state index is 13.0. The van der Waals surface area contributed by atoms with Crippen LogP contribution in [-0.2, 0) is 0 Å². The predicted octanol–water partition coefficient (Wildman–Crippen LogP) is 4.37. The summed E-state index contributed by atoms with van der Waals surface area (Å²) < 4.78 is 13.0. The van der Waals surface area contributed by atoms with Gasteiger partial charge in [-0.2, -0.15) is 0 Å². The van der Waals surface area contributed by atoms with Gasteiger partial charge in [0.25, 0.3) is 0 Å². The van der Waals surface area contributed by atoms with Crippen LogP contribution in [0.25, 0.3) is 5.70 Å². The fourth-order valence-corrected chi connectivity index (χ4v) is 1.37. The lowest BCUT2D eigenvalue weighted by atomic mass is 10.1. The van der Waals surface area contributed by atoms with Crippen molar-refractivity contribution in [3.05, 3.63) is 41.7 Å². The molecule has 0 amide bonds. The van der Waals surface area contributed by atoms with Crippen LogP contribution in [0.15, 0.2) is 29.8 Å². The van der Waals surface area contributed by atoms with E-state index >= 15 is 0 Å². The molecule has 1 rings (SSSR count). The number of nitrogens with zero attached hydrogens (tertiary/aromatic N) is 1.